The zero-order chi connectivity index (χ0) is 43.6. The highest BCUT2D eigenvalue weighted by Crippen LogP contribution is 2.22. The minimum absolute atomic E-state index is 0. The van der Waals surface area contributed by atoms with Crippen LogP contribution in [0.4, 0.5) is 0 Å². The van der Waals surface area contributed by atoms with Crippen LogP contribution in [0.5, 0.6) is 0 Å². The summed E-state index contributed by atoms with van der Waals surface area (Å²) in [5.41, 5.74) is 6.73. The van der Waals surface area contributed by atoms with Crippen LogP contribution in [0.25, 0.3) is 0 Å². The first-order valence-corrected chi connectivity index (χ1v) is 17.1. The van der Waals surface area contributed by atoms with Crippen LogP contribution < -0.4 is 34.5 Å². The van der Waals surface area contributed by atoms with Crippen LogP contribution >= 0.6 is 34.8 Å². The number of rotatable bonds is 18. The van der Waals surface area contributed by atoms with Crippen LogP contribution in [-0.4, -0.2) is 103 Å². The molecule has 0 spiro atoms. The summed E-state index contributed by atoms with van der Waals surface area (Å²) in [6.45, 7) is 21.9. The van der Waals surface area contributed by atoms with Gasteiger partial charge < -0.3 is 58.6 Å². The number of hydrogen-bond acceptors (Lipinski definition) is 14. The largest absolute Gasteiger partial charge is 1.00 e. The molecule has 22 heteroatoms. The number of amides is 2. The third-order valence-electron chi connectivity index (χ3n) is 5.30. The summed E-state index contributed by atoms with van der Waals surface area (Å²) >= 11 is 16.4. The summed E-state index contributed by atoms with van der Waals surface area (Å²) in [7, 11) is 0. The number of carboxylic acids is 1. The van der Waals surface area contributed by atoms with Gasteiger partial charge in [-0.25, -0.2) is 19.2 Å². The average molecular weight is 873 g/mol. The number of carboxylic acid groups (broad SMARTS) is 1. The van der Waals surface area contributed by atoms with Gasteiger partial charge in [0.05, 0.1) is 26.4 Å². The van der Waals surface area contributed by atoms with Crippen LogP contribution in [0.1, 0.15) is 74.1 Å². The van der Waals surface area contributed by atoms with E-state index in [1.807, 2.05) is 6.92 Å². The highest BCUT2D eigenvalue weighted by Gasteiger charge is 2.50. The minimum Gasteiger partial charge on any atom is -1.00 e. The quantitative estimate of drug-likeness (QED) is 0.0618. The second-order valence-corrected chi connectivity index (χ2v) is 11.7. The van der Waals surface area contributed by atoms with Crippen molar-refractivity contribution in [3.63, 3.8) is 0 Å². The molecule has 0 radical (unpaired) electrons. The van der Waals surface area contributed by atoms with E-state index in [4.69, 9.17) is 69.4 Å². The maximum atomic E-state index is 12.0. The Bertz CT molecular complexity index is 1240. The monoisotopic (exact) mass is 870 g/mol. The lowest BCUT2D eigenvalue weighted by Gasteiger charge is -2.29. The van der Waals surface area contributed by atoms with Gasteiger partial charge in [0, 0.05) is 48.2 Å². The van der Waals surface area contributed by atoms with Gasteiger partial charge in [-0.1, -0.05) is 61.5 Å². The van der Waals surface area contributed by atoms with Gasteiger partial charge in [-0.2, -0.15) is 9.59 Å². The van der Waals surface area contributed by atoms with Crippen LogP contribution in [0.15, 0.2) is 34.8 Å². The maximum absolute atomic E-state index is 12.0. The number of hydrogen-bond donors (Lipinski definition) is 5. The first-order valence-electron chi connectivity index (χ1n) is 16.0. The second-order valence-electron chi connectivity index (χ2n) is 10.1. The van der Waals surface area contributed by atoms with Gasteiger partial charge in [0.1, 0.15) is 12.1 Å². The van der Waals surface area contributed by atoms with E-state index < -0.39 is 53.4 Å². The van der Waals surface area contributed by atoms with Crippen molar-refractivity contribution >= 4 is 82.6 Å². The molecule has 0 aliphatic rings. The molecule has 0 saturated heterocycles. The number of esters is 4. The van der Waals surface area contributed by atoms with E-state index in [0.29, 0.717) is 29.7 Å². The van der Waals surface area contributed by atoms with E-state index in [0.717, 1.165) is 0 Å². The lowest BCUT2D eigenvalue weighted by atomic mass is 9.94. The zero-order valence-corrected chi connectivity index (χ0v) is 35.1. The van der Waals surface area contributed by atoms with Crippen LogP contribution in [0, 0.1) is 0 Å². The highest BCUT2D eigenvalue weighted by molar-refractivity contribution is 6.30. The predicted molar refractivity (Wildman–Crippen MR) is 197 cm³/mol. The molecule has 0 aliphatic heterocycles. The van der Waals surface area contributed by atoms with E-state index in [-0.39, 0.29) is 67.9 Å². The molecule has 0 fully saturated rings. The summed E-state index contributed by atoms with van der Waals surface area (Å²) in [5, 5.41) is 13.8. The smallest absolute Gasteiger partial charge is 0.373 e. The predicted octanol–water partition coefficient (Wildman–Crippen LogP) is -1.14. The van der Waals surface area contributed by atoms with Crippen molar-refractivity contribution in [2.75, 3.05) is 26.4 Å². The summed E-state index contributed by atoms with van der Waals surface area (Å²) < 4.78 is 19.0. The Morgan fingerprint density at radius 2 is 1.13 bits per heavy atom. The van der Waals surface area contributed by atoms with Gasteiger partial charge in [0.15, 0.2) is 6.04 Å². The molecule has 18 nitrogen and oxygen atoms in total. The summed E-state index contributed by atoms with van der Waals surface area (Å²) in [6.07, 6.45) is 1.00. The Morgan fingerprint density at radius 1 is 0.745 bits per heavy atom. The number of ether oxygens (including phenoxy) is 4. The van der Waals surface area contributed by atoms with Crippen molar-refractivity contribution in [2.24, 2.45) is 5.73 Å². The fourth-order valence-corrected chi connectivity index (χ4v) is 3.77. The Balaban J connectivity index is -0.000000146. The van der Waals surface area contributed by atoms with Gasteiger partial charge in [0.25, 0.3) is 0 Å². The summed E-state index contributed by atoms with van der Waals surface area (Å²) in [5.74, 6) is -4.40. The number of nitrogens with two attached hydrogens (primary N) is 1. The van der Waals surface area contributed by atoms with Gasteiger partial charge in [-0.05, 0) is 34.1 Å². The van der Waals surface area contributed by atoms with Crippen LogP contribution in [-0.2, 0) is 62.1 Å². The Hall–Kier alpha value is -4.03. The van der Waals surface area contributed by atoms with Crippen molar-refractivity contribution < 1.29 is 85.3 Å². The van der Waals surface area contributed by atoms with Gasteiger partial charge in [0.2, 0.25) is 17.4 Å². The molecule has 0 aliphatic carbocycles. The third kappa shape index (κ3) is 36.7. The van der Waals surface area contributed by atoms with E-state index >= 15 is 0 Å². The van der Waals surface area contributed by atoms with Crippen LogP contribution in [0.2, 0.25) is 0 Å². The molecular formula is C33H54Cl4N4O14. The van der Waals surface area contributed by atoms with Gasteiger partial charge in [-0.3, -0.25) is 14.4 Å². The SMILES string of the molecule is C=C(Cl)CC(N)C(=O)OCC.C=C(Cl)CC(NC(C)=O)(C(=O)OCC)C(=O)OCC.C=C(Cl)CC([NH3+])C(=O)O.CCOC(=O)C(CC)NC(C)=O.O=C=O.[Cl-]. The molecule has 2 amide bonds. The number of quaternary nitrogens is 1. The van der Waals surface area contributed by atoms with E-state index in [2.05, 4.69) is 40.8 Å². The molecule has 0 heterocycles. The van der Waals surface area contributed by atoms with E-state index in [9.17, 15) is 33.6 Å². The minimum atomic E-state index is -1.99. The van der Waals surface area contributed by atoms with E-state index in [1.54, 1.807) is 27.7 Å². The molecule has 3 unspecified atom stereocenters. The summed E-state index contributed by atoms with van der Waals surface area (Å²) in [6, 6.07) is -1.85. The first kappa shape index (κ1) is 62.9. The standard InChI is InChI=1S/C12H18ClNO5.C8H15NO3.C7H12ClNO2.C5H8ClNO2.CO2.ClH/c1-5-18-10(16)12(7-8(3)13,14-9(4)15)11(17)19-6-2;1-4-7(9-6(3)10)8(11)12-5-2;1-3-11-7(10)6(9)4-5(2)8;1-3(6)2-4(7)5(8)9;2-1-3;/h3,5-7H2,1-2,4H3,(H,14,15);7H,4-5H2,1-3H3,(H,9,10);6H,2-4,9H2,1H3;4H,1-2,7H2,(H,8,9);;1H. The lowest BCUT2D eigenvalue weighted by molar-refractivity contribution is -0.406. The number of halogens is 4. The van der Waals surface area contributed by atoms with E-state index in [1.165, 1.54) is 13.8 Å². The van der Waals surface area contributed by atoms with Crippen molar-refractivity contribution in [3.05, 3.63) is 34.8 Å². The molecular weight excluding hydrogens is 818 g/mol. The molecule has 0 aromatic heterocycles. The molecule has 318 valence electrons. The van der Waals surface area contributed by atoms with Crippen molar-refractivity contribution in [1.29, 1.82) is 0 Å². The molecule has 0 saturated carbocycles. The molecule has 3 atom stereocenters. The van der Waals surface area contributed by atoms with Crippen molar-refractivity contribution in [2.45, 2.75) is 97.8 Å². The molecule has 0 aromatic carbocycles. The second kappa shape index (κ2) is 38.3. The number of aliphatic carboxylic acids is 1. The zero-order valence-electron chi connectivity index (χ0n) is 32.1. The topological polar surface area (TPSA) is 288 Å². The molecule has 0 aromatic rings. The number of carbonyl (C=O) groups is 7. The Morgan fingerprint density at radius 3 is 1.38 bits per heavy atom. The highest BCUT2D eigenvalue weighted by atomic mass is 35.5. The fraction of sp³-hybridized carbons (Fsp3) is 0.576. The molecule has 8 N–H and O–H groups in total. The molecule has 0 rings (SSSR count). The maximum Gasteiger partial charge on any atom is 0.373 e. The van der Waals surface area contributed by atoms with Crippen molar-refractivity contribution in [3.8, 4) is 0 Å². The Kier molecular flexibility index (Phi) is 43.8. The fourth-order valence-electron chi connectivity index (χ4n) is 3.21. The van der Waals surface area contributed by atoms with Crippen LogP contribution in [0.3, 0.4) is 0 Å². The van der Waals surface area contributed by atoms with Crippen molar-refractivity contribution in [1.82, 2.24) is 10.6 Å². The van der Waals surface area contributed by atoms with Gasteiger partial charge >= 0.3 is 36.0 Å². The lowest BCUT2D eigenvalue weighted by Crippen LogP contribution is -3.00. The molecule has 0 bridgehead atoms. The normalized spacial score (nSPS) is 10.9. The number of carbonyl (C=O) groups excluding carboxylic acids is 8. The van der Waals surface area contributed by atoms with Gasteiger partial charge in [-0.15, -0.1) is 0 Å². The average Bonchev–Trinajstić information content (AvgIpc) is 3.03. The summed E-state index contributed by atoms with van der Waals surface area (Å²) in [4.78, 5) is 94.1. The first-order chi connectivity index (χ1) is 24.9. The Labute approximate surface area is 342 Å². The molecule has 55 heavy (non-hydrogen) atoms. The third-order valence-corrected chi connectivity index (χ3v) is 5.74. The number of nitrogens with one attached hydrogen (secondary N) is 2.